The van der Waals surface area contributed by atoms with Gasteiger partial charge in [0.15, 0.2) is 0 Å². The highest BCUT2D eigenvalue weighted by Gasteiger charge is 2.07. The number of hydrogen-bond acceptors (Lipinski definition) is 2. The number of carbonyl (C=O) groups excluding carboxylic acids is 1. The van der Waals surface area contributed by atoms with Crippen molar-refractivity contribution in [1.29, 1.82) is 0 Å². The first-order valence-corrected chi connectivity index (χ1v) is 7.32. The van der Waals surface area contributed by atoms with Gasteiger partial charge in [0.1, 0.15) is 5.82 Å². The Kier molecular flexibility index (Phi) is 4.39. The molecule has 1 N–H and O–H groups in total. The molecule has 0 aliphatic carbocycles. The second kappa shape index (κ2) is 6.62. The van der Waals surface area contributed by atoms with E-state index in [0.29, 0.717) is 22.8 Å². The van der Waals surface area contributed by atoms with Crippen molar-refractivity contribution in [2.45, 2.75) is 6.54 Å². The van der Waals surface area contributed by atoms with E-state index >= 15 is 0 Å². The SMILES string of the molecule is O=C(Nc1cnn(Cc2ccc(F)cc2)c1)c1ccc(Cl)cc1. The van der Waals surface area contributed by atoms with Gasteiger partial charge >= 0.3 is 0 Å². The first-order chi connectivity index (χ1) is 11.1. The van der Waals surface area contributed by atoms with E-state index in [1.807, 2.05) is 0 Å². The van der Waals surface area contributed by atoms with E-state index < -0.39 is 0 Å². The van der Waals surface area contributed by atoms with Gasteiger partial charge in [0.25, 0.3) is 5.91 Å². The number of hydrogen-bond donors (Lipinski definition) is 1. The van der Waals surface area contributed by atoms with Gasteiger partial charge in [-0.25, -0.2) is 4.39 Å². The number of anilines is 1. The van der Waals surface area contributed by atoms with E-state index in [1.165, 1.54) is 12.1 Å². The molecule has 0 fully saturated rings. The van der Waals surface area contributed by atoms with E-state index in [0.717, 1.165) is 5.56 Å². The Morgan fingerprint density at radius 1 is 1.13 bits per heavy atom. The quantitative estimate of drug-likeness (QED) is 0.787. The van der Waals surface area contributed by atoms with Gasteiger partial charge in [0.2, 0.25) is 0 Å². The number of halogens is 2. The van der Waals surface area contributed by atoms with Crippen LogP contribution in [0.5, 0.6) is 0 Å². The molecular weight excluding hydrogens is 317 g/mol. The van der Waals surface area contributed by atoms with Gasteiger partial charge in [-0.1, -0.05) is 23.7 Å². The molecule has 0 spiro atoms. The van der Waals surface area contributed by atoms with Crippen LogP contribution in [0, 0.1) is 5.82 Å². The van der Waals surface area contributed by atoms with Crippen molar-refractivity contribution in [1.82, 2.24) is 9.78 Å². The number of aromatic nitrogens is 2. The summed E-state index contributed by atoms with van der Waals surface area (Å²) >= 11 is 5.80. The molecule has 0 atom stereocenters. The molecule has 23 heavy (non-hydrogen) atoms. The first-order valence-electron chi connectivity index (χ1n) is 6.94. The number of benzene rings is 2. The van der Waals surface area contributed by atoms with Crippen molar-refractivity contribution in [2.75, 3.05) is 5.32 Å². The van der Waals surface area contributed by atoms with Crippen molar-refractivity contribution < 1.29 is 9.18 Å². The lowest BCUT2D eigenvalue weighted by Crippen LogP contribution is -2.11. The molecule has 4 nitrogen and oxygen atoms in total. The third-order valence-corrected chi connectivity index (χ3v) is 3.51. The van der Waals surface area contributed by atoms with Gasteiger partial charge in [-0.15, -0.1) is 0 Å². The summed E-state index contributed by atoms with van der Waals surface area (Å²) in [5, 5.41) is 7.53. The minimum atomic E-state index is -0.273. The Hall–Kier alpha value is -2.66. The normalized spacial score (nSPS) is 10.5. The zero-order valence-electron chi connectivity index (χ0n) is 12.0. The number of nitrogens with one attached hydrogen (secondary N) is 1. The molecule has 0 aliphatic rings. The molecule has 1 heterocycles. The van der Waals surface area contributed by atoms with Gasteiger partial charge in [-0.2, -0.15) is 5.10 Å². The molecule has 0 saturated carbocycles. The summed E-state index contributed by atoms with van der Waals surface area (Å²) in [6, 6.07) is 12.8. The molecule has 3 rings (SSSR count). The average Bonchev–Trinajstić information content (AvgIpc) is 2.97. The zero-order chi connectivity index (χ0) is 16.2. The summed E-state index contributed by atoms with van der Waals surface area (Å²) < 4.78 is 14.6. The highest BCUT2D eigenvalue weighted by Crippen LogP contribution is 2.13. The van der Waals surface area contributed by atoms with Crippen molar-refractivity contribution in [3.8, 4) is 0 Å². The standard InChI is InChI=1S/C17H13ClFN3O/c18-14-5-3-13(4-6-14)17(23)21-16-9-20-22(11-16)10-12-1-7-15(19)8-2-12/h1-9,11H,10H2,(H,21,23). The molecule has 0 bridgehead atoms. The van der Waals surface area contributed by atoms with Crippen LogP contribution in [0.4, 0.5) is 10.1 Å². The largest absolute Gasteiger partial charge is 0.319 e. The van der Waals surface area contributed by atoms with E-state index in [2.05, 4.69) is 10.4 Å². The van der Waals surface area contributed by atoms with E-state index in [1.54, 1.807) is 53.5 Å². The maximum Gasteiger partial charge on any atom is 0.255 e. The Labute approximate surface area is 137 Å². The average molecular weight is 330 g/mol. The molecular formula is C17H13ClFN3O. The maximum atomic E-state index is 12.9. The molecule has 6 heteroatoms. The molecule has 0 radical (unpaired) electrons. The van der Waals surface area contributed by atoms with Crippen molar-refractivity contribution in [2.24, 2.45) is 0 Å². The van der Waals surface area contributed by atoms with Crippen LogP contribution in [-0.4, -0.2) is 15.7 Å². The molecule has 0 aliphatic heterocycles. The Balaban J connectivity index is 1.66. The third-order valence-electron chi connectivity index (χ3n) is 3.26. The van der Waals surface area contributed by atoms with Crippen molar-refractivity contribution in [3.63, 3.8) is 0 Å². The molecule has 116 valence electrons. The summed E-state index contributed by atoms with van der Waals surface area (Å²) in [5.74, 6) is -0.506. The number of carbonyl (C=O) groups is 1. The lowest BCUT2D eigenvalue weighted by molar-refractivity contribution is 0.102. The minimum absolute atomic E-state index is 0.233. The van der Waals surface area contributed by atoms with Crippen LogP contribution < -0.4 is 5.32 Å². The molecule has 0 unspecified atom stereocenters. The summed E-state index contributed by atoms with van der Waals surface area (Å²) in [6.45, 7) is 0.497. The van der Waals surface area contributed by atoms with Gasteiger partial charge in [-0.05, 0) is 42.0 Å². The van der Waals surface area contributed by atoms with Crippen LogP contribution in [-0.2, 0) is 6.54 Å². The monoisotopic (exact) mass is 329 g/mol. The highest BCUT2D eigenvalue weighted by atomic mass is 35.5. The van der Waals surface area contributed by atoms with Gasteiger partial charge in [-0.3, -0.25) is 9.48 Å². The molecule has 2 aromatic carbocycles. The van der Waals surface area contributed by atoms with Crippen LogP contribution in [0.1, 0.15) is 15.9 Å². The zero-order valence-corrected chi connectivity index (χ0v) is 12.8. The predicted molar refractivity (Wildman–Crippen MR) is 87.1 cm³/mol. The van der Waals surface area contributed by atoms with Crippen LogP contribution in [0.2, 0.25) is 5.02 Å². The van der Waals surface area contributed by atoms with E-state index in [4.69, 9.17) is 11.6 Å². The summed E-state index contributed by atoms with van der Waals surface area (Å²) in [7, 11) is 0. The second-order valence-electron chi connectivity index (χ2n) is 5.01. The lowest BCUT2D eigenvalue weighted by Gasteiger charge is -2.03. The topological polar surface area (TPSA) is 46.9 Å². The fourth-order valence-corrected chi connectivity index (χ4v) is 2.22. The van der Waals surface area contributed by atoms with Crippen LogP contribution in [0.15, 0.2) is 60.9 Å². The first kappa shape index (κ1) is 15.2. The summed E-state index contributed by atoms with van der Waals surface area (Å²) in [4.78, 5) is 12.1. The maximum absolute atomic E-state index is 12.9. The number of nitrogens with zero attached hydrogens (tertiary/aromatic N) is 2. The van der Waals surface area contributed by atoms with Gasteiger partial charge in [0, 0.05) is 16.8 Å². The highest BCUT2D eigenvalue weighted by molar-refractivity contribution is 6.30. The third kappa shape index (κ3) is 3.96. The molecule has 1 aromatic heterocycles. The van der Waals surface area contributed by atoms with Crippen molar-refractivity contribution >= 4 is 23.2 Å². The fourth-order valence-electron chi connectivity index (χ4n) is 2.10. The Morgan fingerprint density at radius 2 is 1.83 bits per heavy atom. The van der Waals surface area contributed by atoms with Gasteiger partial charge in [0.05, 0.1) is 18.4 Å². The van der Waals surface area contributed by atoms with E-state index in [-0.39, 0.29) is 11.7 Å². The van der Waals surface area contributed by atoms with Crippen LogP contribution in [0.3, 0.4) is 0 Å². The predicted octanol–water partition coefficient (Wildman–Crippen LogP) is 3.98. The minimum Gasteiger partial charge on any atom is -0.319 e. The van der Waals surface area contributed by atoms with Crippen molar-refractivity contribution in [3.05, 3.63) is 82.9 Å². The van der Waals surface area contributed by atoms with E-state index in [9.17, 15) is 9.18 Å². The lowest BCUT2D eigenvalue weighted by atomic mass is 10.2. The second-order valence-corrected chi connectivity index (χ2v) is 5.45. The molecule has 1 amide bonds. The Bertz CT molecular complexity index is 813. The summed E-state index contributed by atoms with van der Waals surface area (Å²) in [6.07, 6.45) is 3.29. The Morgan fingerprint density at radius 3 is 2.52 bits per heavy atom. The molecule has 3 aromatic rings. The van der Waals surface area contributed by atoms with Crippen LogP contribution in [0.25, 0.3) is 0 Å². The number of amides is 1. The van der Waals surface area contributed by atoms with Gasteiger partial charge < -0.3 is 5.32 Å². The smallest absolute Gasteiger partial charge is 0.255 e. The number of rotatable bonds is 4. The molecule has 0 saturated heterocycles. The summed E-state index contributed by atoms with van der Waals surface area (Å²) in [5.41, 5.74) is 2.03. The van der Waals surface area contributed by atoms with Crippen LogP contribution >= 0.6 is 11.6 Å². The fraction of sp³-hybridized carbons (Fsp3) is 0.0588.